The molecule has 0 aromatic heterocycles. The average Bonchev–Trinajstić information content (AvgIpc) is 2.45. The summed E-state index contributed by atoms with van der Waals surface area (Å²) in [6.45, 7) is 1.75. The standard InChI is InChI=1S/C13H18O6/c1-4-19-13(16)12(15)11(14)8-5-6-9(17-2)10(7-8)18-3/h5-7,11-12,14-15H,4H2,1-3H3/t11-,12+/m0/s1. The van der Waals surface area contributed by atoms with Crippen LogP contribution in [0.3, 0.4) is 0 Å². The fourth-order valence-electron chi connectivity index (χ4n) is 1.58. The van der Waals surface area contributed by atoms with Gasteiger partial charge in [0, 0.05) is 0 Å². The van der Waals surface area contributed by atoms with Crippen molar-refractivity contribution < 1.29 is 29.2 Å². The summed E-state index contributed by atoms with van der Waals surface area (Å²) < 4.78 is 14.8. The first-order valence-corrected chi connectivity index (χ1v) is 5.79. The normalized spacial score (nSPS) is 13.5. The Morgan fingerprint density at radius 2 is 1.84 bits per heavy atom. The number of aliphatic hydroxyl groups excluding tert-OH is 2. The molecule has 2 atom stereocenters. The highest BCUT2D eigenvalue weighted by Crippen LogP contribution is 2.31. The fraction of sp³-hybridized carbons (Fsp3) is 0.462. The Labute approximate surface area is 111 Å². The minimum Gasteiger partial charge on any atom is -0.493 e. The number of carbonyl (C=O) groups excluding carboxylic acids is 1. The molecular weight excluding hydrogens is 252 g/mol. The van der Waals surface area contributed by atoms with Gasteiger partial charge in [-0.15, -0.1) is 0 Å². The summed E-state index contributed by atoms with van der Waals surface area (Å²) in [6, 6.07) is 4.61. The zero-order chi connectivity index (χ0) is 14.4. The van der Waals surface area contributed by atoms with Crippen molar-refractivity contribution in [1.82, 2.24) is 0 Å². The van der Waals surface area contributed by atoms with Crippen LogP contribution in [-0.4, -0.2) is 43.1 Å². The van der Waals surface area contributed by atoms with Crippen molar-refractivity contribution in [2.24, 2.45) is 0 Å². The molecule has 1 rings (SSSR count). The van der Waals surface area contributed by atoms with Crippen molar-refractivity contribution in [3.8, 4) is 11.5 Å². The molecule has 6 heteroatoms. The lowest BCUT2D eigenvalue weighted by atomic mass is 10.0. The van der Waals surface area contributed by atoms with Crippen LogP contribution in [0.2, 0.25) is 0 Å². The van der Waals surface area contributed by atoms with Crippen LogP contribution >= 0.6 is 0 Å². The largest absolute Gasteiger partial charge is 0.493 e. The van der Waals surface area contributed by atoms with Gasteiger partial charge in [-0.2, -0.15) is 0 Å². The molecule has 0 aliphatic carbocycles. The number of aliphatic hydroxyl groups is 2. The third-order valence-corrected chi connectivity index (χ3v) is 2.58. The van der Waals surface area contributed by atoms with Crippen molar-refractivity contribution in [2.45, 2.75) is 19.1 Å². The number of hydrogen-bond acceptors (Lipinski definition) is 6. The Morgan fingerprint density at radius 3 is 2.37 bits per heavy atom. The fourth-order valence-corrected chi connectivity index (χ4v) is 1.58. The molecule has 0 radical (unpaired) electrons. The third kappa shape index (κ3) is 3.59. The highest BCUT2D eigenvalue weighted by Gasteiger charge is 2.27. The van der Waals surface area contributed by atoms with E-state index in [1.54, 1.807) is 13.0 Å². The van der Waals surface area contributed by atoms with Gasteiger partial charge in [0.05, 0.1) is 20.8 Å². The monoisotopic (exact) mass is 270 g/mol. The summed E-state index contributed by atoms with van der Waals surface area (Å²) in [5.74, 6) is 0.0176. The quantitative estimate of drug-likeness (QED) is 0.739. The van der Waals surface area contributed by atoms with E-state index >= 15 is 0 Å². The van der Waals surface area contributed by atoms with E-state index in [2.05, 4.69) is 4.74 Å². The smallest absolute Gasteiger partial charge is 0.338 e. The number of ether oxygens (including phenoxy) is 3. The summed E-state index contributed by atoms with van der Waals surface area (Å²) in [5.41, 5.74) is 0.332. The Morgan fingerprint density at radius 1 is 1.21 bits per heavy atom. The van der Waals surface area contributed by atoms with Crippen LogP contribution < -0.4 is 9.47 Å². The molecule has 0 heterocycles. The molecule has 1 aromatic rings. The van der Waals surface area contributed by atoms with Crippen LogP contribution in [0.15, 0.2) is 18.2 Å². The van der Waals surface area contributed by atoms with Gasteiger partial charge in [-0.3, -0.25) is 0 Å². The summed E-state index contributed by atoms with van der Waals surface area (Å²) in [6.07, 6.45) is -3.03. The Kier molecular flexibility index (Phi) is 5.59. The Balaban J connectivity index is 2.93. The van der Waals surface area contributed by atoms with Gasteiger partial charge in [-0.1, -0.05) is 6.07 Å². The first-order chi connectivity index (χ1) is 9.04. The topological polar surface area (TPSA) is 85.2 Å². The van der Waals surface area contributed by atoms with Crippen LogP contribution in [0.1, 0.15) is 18.6 Å². The second kappa shape index (κ2) is 6.96. The zero-order valence-corrected chi connectivity index (χ0v) is 11.1. The van der Waals surface area contributed by atoms with E-state index in [9.17, 15) is 15.0 Å². The molecular formula is C13H18O6. The van der Waals surface area contributed by atoms with Crippen molar-refractivity contribution in [1.29, 1.82) is 0 Å². The van der Waals surface area contributed by atoms with E-state index in [0.717, 1.165) is 0 Å². The van der Waals surface area contributed by atoms with Crippen LogP contribution in [0.4, 0.5) is 0 Å². The molecule has 106 valence electrons. The second-order valence-electron chi connectivity index (χ2n) is 3.76. The summed E-state index contributed by atoms with van der Waals surface area (Å²) in [7, 11) is 2.94. The molecule has 0 aliphatic heterocycles. The molecule has 0 saturated carbocycles. The van der Waals surface area contributed by atoms with Crippen LogP contribution in [0, 0.1) is 0 Å². The molecule has 0 unspecified atom stereocenters. The SMILES string of the molecule is CCOC(=O)[C@H](O)[C@@H](O)c1ccc(OC)c(OC)c1. The maximum atomic E-state index is 11.3. The molecule has 0 spiro atoms. The van der Waals surface area contributed by atoms with Gasteiger partial charge >= 0.3 is 5.97 Å². The maximum absolute atomic E-state index is 11.3. The molecule has 0 saturated heterocycles. The van der Waals surface area contributed by atoms with E-state index < -0.39 is 18.2 Å². The minimum atomic E-state index is -1.64. The number of carbonyl (C=O) groups is 1. The van der Waals surface area contributed by atoms with E-state index in [-0.39, 0.29) is 6.61 Å². The predicted molar refractivity (Wildman–Crippen MR) is 67.1 cm³/mol. The minimum absolute atomic E-state index is 0.133. The number of esters is 1. The van der Waals surface area contributed by atoms with Gasteiger partial charge in [0.2, 0.25) is 0 Å². The predicted octanol–water partition coefficient (Wildman–Crippen LogP) is 0.661. The lowest BCUT2D eigenvalue weighted by Crippen LogP contribution is -2.29. The maximum Gasteiger partial charge on any atom is 0.338 e. The van der Waals surface area contributed by atoms with E-state index in [1.807, 2.05) is 0 Å². The molecule has 2 N–H and O–H groups in total. The lowest BCUT2D eigenvalue weighted by molar-refractivity contribution is -0.159. The van der Waals surface area contributed by atoms with Gasteiger partial charge in [0.25, 0.3) is 0 Å². The van der Waals surface area contributed by atoms with Crippen LogP contribution in [0.25, 0.3) is 0 Å². The molecule has 0 fully saturated rings. The van der Waals surface area contributed by atoms with Crippen molar-refractivity contribution in [3.63, 3.8) is 0 Å². The molecule has 0 aliphatic rings. The summed E-state index contributed by atoms with van der Waals surface area (Å²) in [4.78, 5) is 11.3. The van der Waals surface area contributed by atoms with Gasteiger partial charge in [-0.05, 0) is 24.6 Å². The first-order valence-electron chi connectivity index (χ1n) is 5.79. The Hall–Kier alpha value is -1.79. The van der Waals surface area contributed by atoms with E-state index in [1.165, 1.54) is 26.4 Å². The average molecular weight is 270 g/mol. The highest BCUT2D eigenvalue weighted by atomic mass is 16.5. The molecule has 0 bridgehead atoms. The lowest BCUT2D eigenvalue weighted by Gasteiger charge is -2.18. The Bertz CT molecular complexity index is 431. The number of methoxy groups -OCH3 is 2. The number of rotatable bonds is 6. The number of benzene rings is 1. The van der Waals surface area contributed by atoms with E-state index in [4.69, 9.17) is 9.47 Å². The van der Waals surface area contributed by atoms with Crippen molar-refractivity contribution in [2.75, 3.05) is 20.8 Å². The first kappa shape index (κ1) is 15.3. The summed E-state index contributed by atoms with van der Waals surface area (Å²) in [5, 5.41) is 19.6. The van der Waals surface area contributed by atoms with Gasteiger partial charge in [-0.25, -0.2) is 4.79 Å². The zero-order valence-electron chi connectivity index (χ0n) is 11.1. The number of hydrogen-bond donors (Lipinski definition) is 2. The highest BCUT2D eigenvalue weighted by molar-refractivity contribution is 5.75. The molecule has 0 amide bonds. The third-order valence-electron chi connectivity index (χ3n) is 2.58. The van der Waals surface area contributed by atoms with Gasteiger partial charge in [0.1, 0.15) is 6.10 Å². The molecule has 19 heavy (non-hydrogen) atoms. The van der Waals surface area contributed by atoms with E-state index in [0.29, 0.717) is 17.1 Å². The van der Waals surface area contributed by atoms with Crippen molar-refractivity contribution in [3.05, 3.63) is 23.8 Å². The van der Waals surface area contributed by atoms with Crippen LogP contribution in [-0.2, 0) is 9.53 Å². The molecule has 1 aromatic carbocycles. The van der Waals surface area contributed by atoms with Crippen LogP contribution in [0.5, 0.6) is 11.5 Å². The summed E-state index contributed by atoms with van der Waals surface area (Å²) >= 11 is 0. The molecule has 6 nitrogen and oxygen atoms in total. The second-order valence-corrected chi connectivity index (χ2v) is 3.76. The van der Waals surface area contributed by atoms with Crippen molar-refractivity contribution >= 4 is 5.97 Å². The van der Waals surface area contributed by atoms with Gasteiger partial charge < -0.3 is 24.4 Å². The van der Waals surface area contributed by atoms with Gasteiger partial charge in [0.15, 0.2) is 17.6 Å².